The summed E-state index contributed by atoms with van der Waals surface area (Å²) in [5.41, 5.74) is 1.69. The summed E-state index contributed by atoms with van der Waals surface area (Å²) in [6, 6.07) is 9.69. The number of nitrogens with zero attached hydrogens (tertiary/aromatic N) is 2. The predicted molar refractivity (Wildman–Crippen MR) is 99.4 cm³/mol. The highest BCUT2D eigenvalue weighted by atomic mass is 19.4. The maximum Gasteiger partial charge on any atom is 0.410 e. The Morgan fingerprint density at radius 3 is 2.72 bits per heavy atom. The number of aromatic nitrogens is 2. The van der Waals surface area contributed by atoms with Crippen molar-refractivity contribution in [2.45, 2.75) is 38.1 Å². The Balaban J connectivity index is 1.59. The molecule has 0 spiro atoms. The Bertz CT molecular complexity index is 994. The first-order valence-electron chi connectivity index (χ1n) is 9.11. The second-order valence-electron chi connectivity index (χ2n) is 7.02. The molecule has 0 unspecified atom stereocenters. The first-order chi connectivity index (χ1) is 13.8. The normalized spacial score (nSPS) is 18.8. The second-order valence-corrected chi connectivity index (χ2v) is 7.02. The van der Waals surface area contributed by atoms with E-state index in [1.165, 1.54) is 12.3 Å². The first-order valence-corrected chi connectivity index (χ1v) is 9.11. The SMILES string of the molecule is Cc1ccc([C@@H]2C[C@@H](C(F)(F)F)n3nc(C(=O)NCc4ccco4)cc3N2)cc1. The molecule has 3 aromatic rings. The van der Waals surface area contributed by atoms with Crippen molar-refractivity contribution in [2.24, 2.45) is 0 Å². The van der Waals surface area contributed by atoms with Gasteiger partial charge in [-0.2, -0.15) is 18.3 Å². The number of alkyl halides is 3. The third kappa shape index (κ3) is 3.98. The van der Waals surface area contributed by atoms with Crippen molar-refractivity contribution >= 4 is 11.7 Å². The molecule has 0 saturated carbocycles. The van der Waals surface area contributed by atoms with Gasteiger partial charge in [-0.05, 0) is 24.6 Å². The van der Waals surface area contributed by atoms with E-state index in [2.05, 4.69) is 15.7 Å². The van der Waals surface area contributed by atoms with Crippen LogP contribution in [0.25, 0.3) is 0 Å². The molecule has 0 saturated heterocycles. The highest BCUT2D eigenvalue weighted by Gasteiger charge is 2.46. The van der Waals surface area contributed by atoms with Crippen molar-refractivity contribution in [3.8, 4) is 0 Å². The van der Waals surface area contributed by atoms with Crippen LogP contribution < -0.4 is 10.6 Å². The van der Waals surface area contributed by atoms with E-state index >= 15 is 0 Å². The molecule has 1 aliphatic heterocycles. The van der Waals surface area contributed by atoms with Crippen LogP contribution in [0.4, 0.5) is 19.0 Å². The summed E-state index contributed by atoms with van der Waals surface area (Å²) >= 11 is 0. The van der Waals surface area contributed by atoms with Crippen molar-refractivity contribution in [1.29, 1.82) is 0 Å². The fraction of sp³-hybridized carbons (Fsp3) is 0.300. The maximum absolute atomic E-state index is 13.7. The molecule has 0 radical (unpaired) electrons. The number of nitrogens with one attached hydrogen (secondary N) is 2. The molecule has 3 heterocycles. The van der Waals surface area contributed by atoms with Gasteiger partial charge in [0.2, 0.25) is 0 Å². The van der Waals surface area contributed by atoms with Gasteiger partial charge in [-0.25, -0.2) is 4.68 Å². The number of fused-ring (bicyclic) bond motifs is 1. The van der Waals surface area contributed by atoms with Crippen LogP contribution >= 0.6 is 0 Å². The van der Waals surface area contributed by atoms with E-state index in [9.17, 15) is 18.0 Å². The van der Waals surface area contributed by atoms with Crippen molar-refractivity contribution in [2.75, 3.05) is 5.32 Å². The lowest BCUT2D eigenvalue weighted by Gasteiger charge is -2.33. The van der Waals surface area contributed by atoms with Crippen LogP contribution in [0.2, 0.25) is 0 Å². The Morgan fingerprint density at radius 2 is 2.07 bits per heavy atom. The van der Waals surface area contributed by atoms with E-state index in [0.29, 0.717) is 5.76 Å². The molecule has 2 N–H and O–H groups in total. The zero-order valence-electron chi connectivity index (χ0n) is 15.5. The van der Waals surface area contributed by atoms with Gasteiger partial charge >= 0.3 is 6.18 Å². The number of amides is 1. The van der Waals surface area contributed by atoms with Gasteiger partial charge in [-0.15, -0.1) is 0 Å². The van der Waals surface area contributed by atoms with E-state index in [4.69, 9.17) is 4.42 Å². The number of carbonyl (C=O) groups excluding carboxylic acids is 1. The predicted octanol–water partition coefficient (Wildman–Crippen LogP) is 4.37. The number of carbonyl (C=O) groups is 1. The number of halogens is 3. The van der Waals surface area contributed by atoms with Crippen molar-refractivity contribution in [3.63, 3.8) is 0 Å². The minimum atomic E-state index is -4.49. The summed E-state index contributed by atoms with van der Waals surface area (Å²) < 4.78 is 47.1. The lowest BCUT2D eigenvalue weighted by Crippen LogP contribution is -2.35. The van der Waals surface area contributed by atoms with E-state index in [1.807, 2.05) is 31.2 Å². The summed E-state index contributed by atoms with van der Waals surface area (Å²) in [5.74, 6) is 0.123. The lowest BCUT2D eigenvalue weighted by molar-refractivity contribution is -0.173. The van der Waals surface area contributed by atoms with Gasteiger partial charge in [0.25, 0.3) is 5.91 Å². The quantitative estimate of drug-likeness (QED) is 0.677. The van der Waals surface area contributed by atoms with Crippen LogP contribution in [0.5, 0.6) is 0 Å². The summed E-state index contributed by atoms with van der Waals surface area (Å²) in [4.78, 5) is 12.4. The molecule has 0 fully saturated rings. The summed E-state index contributed by atoms with van der Waals surface area (Å²) in [7, 11) is 0. The van der Waals surface area contributed by atoms with E-state index in [-0.39, 0.29) is 24.5 Å². The molecule has 0 aliphatic carbocycles. The number of hydrogen-bond acceptors (Lipinski definition) is 4. The molecule has 0 bridgehead atoms. The number of hydrogen-bond donors (Lipinski definition) is 2. The van der Waals surface area contributed by atoms with Crippen LogP contribution in [-0.4, -0.2) is 21.9 Å². The van der Waals surface area contributed by atoms with Crippen molar-refractivity contribution in [3.05, 3.63) is 71.3 Å². The molecular weight excluding hydrogens is 385 g/mol. The van der Waals surface area contributed by atoms with Gasteiger partial charge in [0.1, 0.15) is 11.6 Å². The monoisotopic (exact) mass is 404 g/mol. The van der Waals surface area contributed by atoms with Gasteiger partial charge in [0.05, 0.1) is 18.8 Å². The Labute approximate surface area is 164 Å². The third-order valence-electron chi connectivity index (χ3n) is 4.91. The van der Waals surface area contributed by atoms with Gasteiger partial charge < -0.3 is 15.1 Å². The van der Waals surface area contributed by atoms with Crippen molar-refractivity contribution in [1.82, 2.24) is 15.1 Å². The molecule has 9 heteroatoms. The fourth-order valence-corrected chi connectivity index (χ4v) is 3.37. The maximum atomic E-state index is 13.7. The molecule has 4 rings (SSSR count). The van der Waals surface area contributed by atoms with Crippen LogP contribution in [-0.2, 0) is 6.54 Å². The van der Waals surface area contributed by atoms with Gasteiger partial charge in [0.15, 0.2) is 11.7 Å². The van der Waals surface area contributed by atoms with Crippen molar-refractivity contribution < 1.29 is 22.4 Å². The van der Waals surface area contributed by atoms with Gasteiger partial charge in [0, 0.05) is 12.5 Å². The zero-order valence-corrected chi connectivity index (χ0v) is 15.5. The summed E-state index contributed by atoms with van der Waals surface area (Å²) in [6.45, 7) is 2.04. The van der Waals surface area contributed by atoms with E-state index in [0.717, 1.165) is 15.8 Å². The van der Waals surface area contributed by atoms with Crippen LogP contribution in [0, 0.1) is 6.92 Å². The number of furan rings is 1. The number of benzene rings is 1. The standard InChI is InChI=1S/C20H19F3N4O2/c1-12-4-6-13(7-5-12)15-9-17(20(21,22)23)27-18(25-15)10-16(26-27)19(28)24-11-14-3-2-8-29-14/h2-8,10,15,17,25H,9,11H2,1H3,(H,24,28)/t15-,17-/m0/s1. The molecule has 152 valence electrons. The summed E-state index contributed by atoms with van der Waals surface area (Å²) in [6.07, 6.45) is -3.23. The molecule has 1 amide bonds. The Morgan fingerprint density at radius 1 is 1.31 bits per heavy atom. The second kappa shape index (κ2) is 7.31. The van der Waals surface area contributed by atoms with E-state index < -0.39 is 24.2 Å². The highest BCUT2D eigenvalue weighted by molar-refractivity contribution is 5.93. The number of anilines is 1. The average molecular weight is 404 g/mol. The van der Waals surface area contributed by atoms with E-state index in [1.54, 1.807) is 12.1 Å². The third-order valence-corrected chi connectivity index (χ3v) is 4.91. The number of aryl methyl sites for hydroxylation is 1. The highest BCUT2D eigenvalue weighted by Crippen LogP contribution is 2.43. The minimum absolute atomic E-state index is 0.0853. The molecule has 29 heavy (non-hydrogen) atoms. The van der Waals surface area contributed by atoms with Crippen LogP contribution in [0.1, 0.15) is 45.9 Å². The first kappa shape index (κ1) is 19.1. The molecule has 2 atom stereocenters. The van der Waals surface area contributed by atoms with Crippen LogP contribution in [0.15, 0.2) is 53.1 Å². The average Bonchev–Trinajstić information content (AvgIpc) is 3.34. The zero-order chi connectivity index (χ0) is 20.6. The fourth-order valence-electron chi connectivity index (χ4n) is 3.37. The molecular formula is C20H19F3N4O2. The van der Waals surface area contributed by atoms with Gasteiger partial charge in [-0.3, -0.25) is 4.79 Å². The summed E-state index contributed by atoms with van der Waals surface area (Å²) in [5, 5.41) is 9.61. The molecule has 6 nitrogen and oxygen atoms in total. The Hall–Kier alpha value is -3.23. The van der Waals surface area contributed by atoms with Gasteiger partial charge in [-0.1, -0.05) is 29.8 Å². The molecule has 1 aliphatic rings. The minimum Gasteiger partial charge on any atom is -0.467 e. The lowest BCUT2D eigenvalue weighted by atomic mass is 9.96. The topological polar surface area (TPSA) is 72.1 Å². The molecule has 1 aromatic carbocycles. The van der Waals surface area contributed by atoms with Crippen LogP contribution in [0.3, 0.4) is 0 Å². The smallest absolute Gasteiger partial charge is 0.410 e. The largest absolute Gasteiger partial charge is 0.467 e. The number of rotatable bonds is 4. The Kier molecular flexibility index (Phi) is 4.81. The molecule has 2 aromatic heterocycles.